The van der Waals surface area contributed by atoms with Gasteiger partial charge in [-0.05, 0) is 24.9 Å². The smallest absolute Gasteiger partial charge is 0.329 e. The molecule has 0 spiro atoms. The lowest BCUT2D eigenvalue weighted by atomic mass is 10.2. The van der Waals surface area contributed by atoms with Crippen molar-refractivity contribution in [3.8, 4) is 0 Å². The molecule has 1 unspecified atom stereocenters. The summed E-state index contributed by atoms with van der Waals surface area (Å²) in [6.07, 6.45) is 2.05. The van der Waals surface area contributed by atoms with Crippen LogP contribution in [0.5, 0.6) is 0 Å². The number of aromatic nitrogens is 2. The molecule has 20 heavy (non-hydrogen) atoms. The van der Waals surface area contributed by atoms with Gasteiger partial charge in [0.1, 0.15) is 6.20 Å². The first kappa shape index (κ1) is 16.1. The zero-order valence-corrected chi connectivity index (χ0v) is 12.0. The highest BCUT2D eigenvalue weighted by molar-refractivity contribution is 6.28. The van der Waals surface area contributed by atoms with Gasteiger partial charge in [-0.3, -0.25) is 14.9 Å². The van der Waals surface area contributed by atoms with E-state index in [1.165, 1.54) is 0 Å². The number of hydrogen-bond acceptors (Lipinski definition) is 6. The van der Waals surface area contributed by atoms with Gasteiger partial charge in [0.25, 0.3) is 0 Å². The first-order chi connectivity index (χ1) is 9.43. The minimum atomic E-state index is -0.613. The Bertz CT molecular complexity index is 497. The second-order valence-electron chi connectivity index (χ2n) is 4.18. The molecule has 1 aromatic rings. The minimum Gasteiger partial charge on any atom is -0.364 e. The monoisotopic (exact) mass is 301 g/mol. The summed E-state index contributed by atoms with van der Waals surface area (Å²) in [5.41, 5.74) is -0.281. The van der Waals surface area contributed by atoms with E-state index in [-0.39, 0.29) is 41.7 Å². The molecule has 0 radical (unpaired) electrons. The van der Waals surface area contributed by atoms with E-state index in [2.05, 4.69) is 20.6 Å². The third-order valence-electron chi connectivity index (χ3n) is 2.60. The highest BCUT2D eigenvalue weighted by atomic mass is 35.5. The van der Waals surface area contributed by atoms with E-state index in [0.29, 0.717) is 0 Å². The van der Waals surface area contributed by atoms with Crippen LogP contribution < -0.4 is 10.6 Å². The standard InChI is InChI=1S/C11H16ClN5O3/c1-3-7(2)15-9(18)4-5-13-10-8(17(19)20)6-14-11(12)16-10/h6-7H,3-5H2,1-2H3,(H,15,18)(H,13,14,16). The van der Waals surface area contributed by atoms with Crippen LogP contribution in [0, 0.1) is 10.1 Å². The summed E-state index contributed by atoms with van der Waals surface area (Å²) in [7, 11) is 0. The first-order valence-electron chi connectivity index (χ1n) is 6.14. The normalized spacial score (nSPS) is 11.8. The van der Waals surface area contributed by atoms with E-state index >= 15 is 0 Å². The van der Waals surface area contributed by atoms with Crippen LogP contribution in [0.1, 0.15) is 26.7 Å². The number of hydrogen-bond donors (Lipinski definition) is 2. The number of nitrogens with one attached hydrogen (secondary N) is 2. The second kappa shape index (κ2) is 7.59. The van der Waals surface area contributed by atoms with Crippen LogP contribution in [0.4, 0.5) is 11.5 Å². The van der Waals surface area contributed by atoms with Gasteiger partial charge in [-0.1, -0.05) is 6.92 Å². The molecule has 1 aromatic heterocycles. The van der Waals surface area contributed by atoms with Crippen LogP contribution >= 0.6 is 11.6 Å². The van der Waals surface area contributed by atoms with Crippen molar-refractivity contribution in [2.75, 3.05) is 11.9 Å². The number of carbonyl (C=O) groups is 1. The topological polar surface area (TPSA) is 110 Å². The van der Waals surface area contributed by atoms with Gasteiger partial charge in [0.15, 0.2) is 0 Å². The number of rotatable bonds is 7. The third kappa shape index (κ3) is 4.96. The van der Waals surface area contributed by atoms with Crippen molar-refractivity contribution >= 4 is 29.0 Å². The van der Waals surface area contributed by atoms with Crippen molar-refractivity contribution < 1.29 is 9.72 Å². The molecule has 1 atom stereocenters. The van der Waals surface area contributed by atoms with Crippen LogP contribution in [0.3, 0.4) is 0 Å². The Balaban J connectivity index is 2.55. The molecule has 0 aliphatic rings. The van der Waals surface area contributed by atoms with Crippen molar-refractivity contribution in [3.05, 3.63) is 21.6 Å². The molecule has 0 aromatic carbocycles. The minimum absolute atomic E-state index is 0.00587. The molecule has 0 saturated heterocycles. The molecule has 1 heterocycles. The average molecular weight is 302 g/mol. The Morgan fingerprint density at radius 1 is 1.60 bits per heavy atom. The molecule has 0 aliphatic heterocycles. The zero-order valence-electron chi connectivity index (χ0n) is 11.2. The van der Waals surface area contributed by atoms with Crippen molar-refractivity contribution in [1.82, 2.24) is 15.3 Å². The molecule has 0 saturated carbocycles. The number of amides is 1. The van der Waals surface area contributed by atoms with E-state index in [1.54, 1.807) is 0 Å². The van der Waals surface area contributed by atoms with Gasteiger partial charge in [0.2, 0.25) is 17.0 Å². The largest absolute Gasteiger partial charge is 0.364 e. The number of halogens is 1. The van der Waals surface area contributed by atoms with Crippen molar-refractivity contribution in [2.24, 2.45) is 0 Å². The lowest BCUT2D eigenvalue weighted by Crippen LogP contribution is -2.33. The summed E-state index contributed by atoms with van der Waals surface area (Å²) >= 11 is 5.59. The van der Waals surface area contributed by atoms with Gasteiger partial charge in [0, 0.05) is 19.0 Å². The lowest BCUT2D eigenvalue weighted by Gasteiger charge is -2.11. The highest BCUT2D eigenvalue weighted by Crippen LogP contribution is 2.21. The van der Waals surface area contributed by atoms with Gasteiger partial charge in [-0.25, -0.2) is 4.98 Å². The summed E-state index contributed by atoms with van der Waals surface area (Å²) in [5, 5.41) is 16.2. The van der Waals surface area contributed by atoms with Crippen LogP contribution in [0.25, 0.3) is 0 Å². The van der Waals surface area contributed by atoms with E-state index in [9.17, 15) is 14.9 Å². The Kier molecular flexibility index (Phi) is 6.10. The van der Waals surface area contributed by atoms with E-state index < -0.39 is 4.92 Å². The quantitative estimate of drug-likeness (QED) is 0.451. The molecule has 2 N–H and O–H groups in total. The maximum atomic E-state index is 11.5. The van der Waals surface area contributed by atoms with E-state index in [1.807, 2.05) is 13.8 Å². The molecular weight excluding hydrogens is 286 g/mol. The van der Waals surface area contributed by atoms with Gasteiger partial charge in [-0.15, -0.1) is 0 Å². The Hall–Kier alpha value is -1.96. The predicted molar refractivity (Wildman–Crippen MR) is 74.7 cm³/mol. The molecule has 1 amide bonds. The van der Waals surface area contributed by atoms with Crippen LogP contribution in [0.2, 0.25) is 5.28 Å². The zero-order chi connectivity index (χ0) is 15.1. The van der Waals surface area contributed by atoms with Gasteiger partial charge in [-0.2, -0.15) is 4.98 Å². The summed E-state index contributed by atoms with van der Waals surface area (Å²) < 4.78 is 0. The molecule has 8 nitrogen and oxygen atoms in total. The van der Waals surface area contributed by atoms with Crippen LogP contribution in [-0.2, 0) is 4.79 Å². The Morgan fingerprint density at radius 2 is 2.30 bits per heavy atom. The van der Waals surface area contributed by atoms with Crippen molar-refractivity contribution in [1.29, 1.82) is 0 Å². The second-order valence-corrected chi connectivity index (χ2v) is 4.52. The Labute approximate surface area is 121 Å². The summed E-state index contributed by atoms with van der Waals surface area (Å²) in [6, 6.07) is 0.102. The van der Waals surface area contributed by atoms with Gasteiger partial charge < -0.3 is 10.6 Å². The average Bonchev–Trinajstić information content (AvgIpc) is 2.38. The van der Waals surface area contributed by atoms with Gasteiger partial charge >= 0.3 is 5.69 Å². The third-order valence-corrected chi connectivity index (χ3v) is 2.78. The maximum absolute atomic E-state index is 11.5. The first-order valence-corrected chi connectivity index (χ1v) is 6.52. The molecule has 1 rings (SSSR count). The highest BCUT2D eigenvalue weighted by Gasteiger charge is 2.16. The number of nitro groups is 1. The maximum Gasteiger partial charge on any atom is 0.329 e. The lowest BCUT2D eigenvalue weighted by molar-refractivity contribution is -0.384. The summed E-state index contributed by atoms with van der Waals surface area (Å²) in [6.45, 7) is 4.09. The molecular formula is C11H16ClN5O3. The van der Waals surface area contributed by atoms with E-state index in [4.69, 9.17) is 11.6 Å². The molecule has 9 heteroatoms. The molecule has 0 bridgehead atoms. The Morgan fingerprint density at radius 3 is 2.90 bits per heavy atom. The predicted octanol–water partition coefficient (Wildman–Crippen LogP) is 1.75. The van der Waals surface area contributed by atoms with E-state index in [0.717, 1.165) is 12.6 Å². The van der Waals surface area contributed by atoms with Crippen molar-refractivity contribution in [3.63, 3.8) is 0 Å². The fourth-order valence-electron chi connectivity index (χ4n) is 1.36. The number of nitrogens with zero attached hydrogens (tertiary/aromatic N) is 3. The summed E-state index contributed by atoms with van der Waals surface area (Å²) in [4.78, 5) is 29.0. The molecule has 0 fully saturated rings. The number of anilines is 1. The molecule has 110 valence electrons. The van der Waals surface area contributed by atoms with Crippen LogP contribution in [0.15, 0.2) is 6.20 Å². The van der Waals surface area contributed by atoms with Crippen LogP contribution in [-0.4, -0.2) is 33.4 Å². The summed E-state index contributed by atoms with van der Waals surface area (Å²) in [5.74, 6) is -0.124. The SMILES string of the molecule is CCC(C)NC(=O)CCNc1nc(Cl)ncc1[N+](=O)[O-]. The molecule has 0 aliphatic carbocycles. The fraction of sp³-hybridized carbons (Fsp3) is 0.545. The van der Waals surface area contributed by atoms with Crippen molar-refractivity contribution in [2.45, 2.75) is 32.7 Å². The number of carbonyl (C=O) groups excluding carboxylic acids is 1. The fourth-order valence-corrected chi connectivity index (χ4v) is 1.49. The van der Waals surface area contributed by atoms with Gasteiger partial charge in [0.05, 0.1) is 4.92 Å².